The molecule has 1 saturated heterocycles. The Morgan fingerprint density at radius 3 is 2.68 bits per heavy atom. The number of benzene rings is 1. The van der Waals surface area contributed by atoms with E-state index in [1.165, 1.54) is 0 Å². The predicted octanol–water partition coefficient (Wildman–Crippen LogP) is 1.78. The van der Waals surface area contributed by atoms with E-state index in [2.05, 4.69) is 15.7 Å². The van der Waals surface area contributed by atoms with Crippen LogP contribution in [-0.2, 0) is 11.8 Å². The zero-order valence-electron chi connectivity index (χ0n) is 16.5. The molecule has 1 aliphatic rings. The molecule has 1 aromatic carbocycles. The van der Waals surface area contributed by atoms with Gasteiger partial charge in [-0.3, -0.25) is 9.48 Å². The van der Waals surface area contributed by atoms with Gasteiger partial charge in [-0.05, 0) is 37.1 Å². The van der Waals surface area contributed by atoms with Crippen molar-refractivity contribution in [1.82, 2.24) is 20.4 Å². The third-order valence-corrected chi connectivity index (χ3v) is 4.81. The lowest BCUT2D eigenvalue weighted by Gasteiger charge is -2.19. The number of carbonyl (C=O) groups is 1. The lowest BCUT2D eigenvalue weighted by atomic mass is 9.90. The number of rotatable bonds is 7. The molecule has 154 valence electrons. The average Bonchev–Trinajstić information content (AvgIpc) is 3.28. The maximum Gasteiger partial charge on any atom is 0.225 e. The highest BCUT2D eigenvalue weighted by molar-refractivity contribution is 5.85. The zero-order chi connectivity index (χ0) is 19.4. The molecule has 1 fully saturated rings. The number of aliphatic hydroxyl groups excluding tert-OH is 1. The first-order chi connectivity index (χ1) is 12.9. The second kappa shape index (κ2) is 9.91. The van der Waals surface area contributed by atoms with Crippen molar-refractivity contribution in [3.8, 4) is 5.75 Å². The first-order valence-electron chi connectivity index (χ1n) is 9.35. The van der Waals surface area contributed by atoms with Crippen LogP contribution in [0.4, 0.5) is 0 Å². The second-order valence-electron chi connectivity index (χ2n) is 7.32. The first kappa shape index (κ1) is 22.2. The van der Waals surface area contributed by atoms with Gasteiger partial charge < -0.3 is 20.5 Å². The van der Waals surface area contributed by atoms with Crippen molar-refractivity contribution in [2.24, 2.45) is 13.0 Å². The minimum atomic E-state index is -0.756. The molecule has 1 amide bonds. The smallest absolute Gasteiger partial charge is 0.225 e. The van der Waals surface area contributed by atoms with Gasteiger partial charge in [-0.25, -0.2) is 0 Å². The van der Waals surface area contributed by atoms with E-state index in [4.69, 9.17) is 4.74 Å². The zero-order valence-corrected chi connectivity index (χ0v) is 17.3. The van der Waals surface area contributed by atoms with E-state index in [9.17, 15) is 9.90 Å². The Hall–Kier alpha value is -2.09. The number of hydrogen-bond acceptors (Lipinski definition) is 5. The largest absolute Gasteiger partial charge is 0.491 e. The van der Waals surface area contributed by atoms with Crippen LogP contribution in [0.25, 0.3) is 0 Å². The van der Waals surface area contributed by atoms with Crippen molar-refractivity contribution in [2.45, 2.75) is 32.0 Å². The molecule has 3 N–H and O–H groups in total. The van der Waals surface area contributed by atoms with Gasteiger partial charge in [-0.15, -0.1) is 12.4 Å². The molecule has 3 atom stereocenters. The van der Waals surface area contributed by atoms with Crippen molar-refractivity contribution in [2.75, 3.05) is 19.6 Å². The standard InChI is InChI=1S/C20H28N4O3.ClH/c1-13(2)27-16-6-4-14(5-7-16)19(25)11-22-20(26)18-10-21-9-17(18)15-8-23-24(3)12-15;/h4-8,12-13,17-19,21,25H,9-11H2,1-3H3,(H,22,26);1H/t17-,18+,19?;/m1./s1. The number of hydrogen-bond donors (Lipinski definition) is 3. The van der Waals surface area contributed by atoms with E-state index in [0.29, 0.717) is 6.54 Å². The molecule has 28 heavy (non-hydrogen) atoms. The van der Waals surface area contributed by atoms with E-state index < -0.39 is 6.10 Å². The predicted molar refractivity (Wildman–Crippen MR) is 110 cm³/mol. The number of aryl methyl sites for hydroxylation is 1. The molecule has 1 aromatic heterocycles. The van der Waals surface area contributed by atoms with Crippen LogP contribution in [0.15, 0.2) is 36.7 Å². The summed E-state index contributed by atoms with van der Waals surface area (Å²) in [5.41, 5.74) is 1.81. The van der Waals surface area contributed by atoms with Crippen LogP contribution >= 0.6 is 12.4 Å². The van der Waals surface area contributed by atoms with Crippen LogP contribution in [0.2, 0.25) is 0 Å². The summed E-state index contributed by atoms with van der Waals surface area (Å²) in [4.78, 5) is 12.6. The molecule has 0 aliphatic carbocycles. The maximum absolute atomic E-state index is 12.6. The van der Waals surface area contributed by atoms with Gasteiger partial charge in [-0.1, -0.05) is 12.1 Å². The van der Waals surface area contributed by atoms with Crippen LogP contribution in [0.1, 0.15) is 37.0 Å². The third-order valence-electron chi connectivity index (χ3n) is 4.81. The molecule has 3 rings (SSSR count). The monoisotopic (exact) mass is 408 g/mol. The van der Waals surface area contributed by atoms with Crippen molar-refractivity contribution in [3.63, 3.8) is 0 Å². The summed E-state index contributed by atoms with van der Waals surface area (Å²) in [5, 5.41) is 20.8. The molecular weight excluding hydrogens is 380 g/mol. The molecule has 8 heteroatoms. The fourth-order valence-electron chi connectivity index (χ4n) is 3.42. The summed E-state index contributed by atoms with van der Waals surface area (Å²) in [6.07, 6.45) is 3.11. The molecule has 0 bridgehead atoms. The fraction of sp³-hybridized carbons (Fsp3) is 0.500. The van der Waals surface area contributed by atoms with E-state index >= 15 is 0 Å². The summed E-state index contributed by atoms with van der Waals surface area (Å²) in [5.74, 6) is 0.653. The Morgan fingerprint density at radius 1 is 1.36 bits per heavy atom. The quantitative estimate of drug-likeness (QED) is 0.650. The Labute approximate surface area is 171 Å². The lowest BCUT2D eigenvalue weighted by Crippen LogP contribution is -2.36. The Bertz CT molecular complexity index is 763. The second-order valence-corrected chi connectivity index (χ2v) is 7.32. The van der Waals surface area contributed by atoms with Gasteiger partial charge in [-0.2, -0.15) is 5.10 Å². The highest BCUT2D eigenvalue weighted by atomic mass is 35.5. The van der Waals surface area contributed by atoms with Gasteiger partial charge in [0.25, 0.3) is 0 Å². The summed E-state index contributed by atoms with van der Waals surface area (Å²) >= 11 is 0. The van der Waals surface area contributed by atoms with Gasteiger partial charge >= 0.3 is 0 Å². The van der Waals surface area contributed by atoms with Crippen molar-refractivity contribution in [3.05, 3.63) is 47.8 Å². The Morgan fingerprint density at radius 2 is 2.07 bits per heavy atom. The average molecular weight is 409 g/mol. The van der Waals surface area contributed by atoms with Crippen LogP contribution < -0.4 is 15.4 Å². The molecule has 2 aromatic rings. The molecule has 0 radical (unpaired) electrons. The minimum Gasteiger partial charge on any atom is -0.491 e. The van der Waals surface area contributed by atoms with E-state index in [1.54, 1.807) is 4.68 Å². The van der Waals surface area contributed by atoms with Crippen molar-refractivity contribution >= 4 is 18.3 Å². The number of nitrogens with one attached hydrogen (secondary N) is 2. The molecule has 7 nitrogen and oxygen atoms in total. The number of carbonyl (C=O) groups excluding carboxylic acids is 1. The molecule has 1 aliphatic heterocycles. The fourth-order valence-corrected chi connectivity index (χ4v) is 3.42. The number of ether oxygens (including phenoxy) is 1. The topological polar surface area (TPSA) is 88.4 Å². The van der Waals surface area contributed by atoms with Crippen molar-refractivity contribution in [1.29, 1.82) is 0 Å². The molecule has 0 saturated carbocycles. The molecule has 2 heterocycles. The summed E-state index contributed by atoms with van der Waals surface area (Å²) in [6, 6.07) is 7.31. The molecular formula is C20H29ClN4O3. The third kappa shape index (κ3) is 5.47. The van der Waals surface area contributed by atoms with Gasteiger partial charge in [0, 0.05) is 38.8 Å². The van der Waals surface area contributed by atoms with Crippen LogP contribution in [0, 0.1) is 5.92 Å². The van der Waals surface area contributed by atoms with E-state index in [-0.39, 0.29) is 42.8 Å². The van der Waals surface area contributed by atoms with Crippen molar-refractivity contribution < 1.29 is 14.6 Å². The SMILES string of the molecule is CC(C)Oc1ccc(C(O)CNC(=O)[C@H]2CNC[C@@H]2c2cnn(C)c2)cc1.Cl. The van der Waals surface area contributed by atoms with Gasteiger partial charge in [0.1, 0.15) is 5.75 Å². The first-order valence-corrected chi connectivity index (χ1v) is 9.35. The molecule has 0 spiro atoms. The van der Waals surface area contributed by atoms with E-state index in [0.717, 1.165) is 23.4 Å². The number of halogens is 1. The number of nitrogens with zero attached hydrogens (tertiary/aromatic N) is 2. The molecule has 1 unspecified atom stereocenters. The van der Waals surface area contributed by atoms with Gasteiger partial charge in [0.05, 0.1) is 24.3 Å². The van der Waals surface area contributed by atoms with Crippen LogP contribution in [0.3, 0.4) is 0 Å². The highest BCUT2D eigenvalue weighted by Crippen LogP contribution is 2.28. The summed E-state index contributed by atoms with van der Waals surface area (Å²) in [7, 11) is 1.87. The Kier molecular flexibility index (Phi) is 7.86. The number of amides is 1. The lowest BCUT2D eigenvalue weighted by molar-refractivity contribution is -0.125. The Balaban J connectivity index is 0.00000280. The number of aromatic nitrogens is 2. The maximum atomic E-state index is 12.6. The summed E-state index contributed by atoms with van der Waals surface area (Å²) in [6.45, 7) is 5.50. The highest BCUT2D eigenvalue weighted by Gasteiger charge is 2.34. The van der Waals surface area contributed by atoms with Gasteiger partial charge in [0.15, 0.2) is 0 Å². The summed E-state index contributed by atoms with van der Waals surface area (Å²) < 4.78 is 7.35. The van der Waals surface area contributed by atoms with Gasteiger partial charge in [0.2, 0.25) is 5.91 Å². The van der Waals surface area contributed by atoms with Crippen LogP contribution in [-0.4, -0.2) is 46.5 Å². The minimum absolute atomic E-state index is 0. The normalized spacial score (nSPS) is 19.9. The number of aliphatic hydroxyl groups is 1. The van der Waals surface area contributed by atoms with E-state index in [1.807, 2.05) is 57.6 Å². The van der Waals surface area contributed by atoms with Crippen LogP contribution in [0.5, 0.6) is 5.75 Å².